The topological polar surface area (TPSA) is 86.0 Å². The SMILES string of the molecule is N#Cc1ccc(NC(=O)c2cc(-c3ccncc3)ccc2O)cc1. The molecule has 0 radical (unpaired) electrons. The highest BCUT2D eigenvalue weighted by Crippen LogP contribution is 2.26. The number of rotatable bonds is 3. The van der Waals surface area contributed by atoms with Crippen LogP contribution in [0.2, 0.25) is 0 Å². The van der Waals surface area contributed by atoms with Gasteiger partial charge in [0.15, 0.2) is 0 Å². The zero-order valence-corrected chi connectivity index (χ0v) is 12.6. The molecular formula is C19H13N3O2. The van der Waals surface area contributed by atoms with Crippen molar-refractivity contribution in [2.45, 2.75) is 0 Å². The Labute approximate surface area is 138 Å². The highest BCUT2D eigenvalue weighted by molar-refractivity contribution is 6.06. The number of hydrogen-bond acceptors (Lipinski definition) is 4. The van der Waals surface area contributed by atoms with Crippen molar-refractivity contribution in [2.24, 2.45) is 0 Å². The molecule has 0 saturated carbocycles. The van der Waals surface area contributed by atoms with Crippen LogP contribution in [0.4, 0.5) is 5.69 Å². The molecule has 0 aliphatic heterocycles. The maximum absolute atomic E-state index is 12.4. The first-order valence-electron chi connectivity index (χ1n) is 7.22. The van der Waals surface area contributed by atoms with Crippen molar-refractivity contribution >= 4 is 11.6 Å². The molecule has 0 bridgehead atoms. The summed E-state index contributed by atoms with van der Waals surface area (Å²) < 4.78 is 0. The van der Waals surface area contributed by atoms with Gasteiger partial charge in [-0.25, -0.2) is 0 Å². The summed E-state index contributed by atoms with van der Waals surface area (Å²) in [6.07, 6.45) is 3.33. The standard InChI is InChI=1S/C19H13N3O2/c20-12-13-1-4-16(5-2-13)22-19(24)17-11-15(3-6-18(17)23)14-7-9-21-10-8-14/h1-11,23H,(H,22,24). The van der Waals surface area contributed by atoms with E-state index in [0.717, 1.165) is 11.1 Å². The van der Waals surface area contributed by atoms with E-state index in [2.05, 4.69) is 10.3 Å². The quantitative estimate of drug-likeness (QED) is 0.773. The third-order valence-corrected chi connectivity index (χ3v) is 3.53. The van der Waals surface area contributed by atoms with Gasteiger partial charge >= 0.3 is 0 Å². The number of amides is 1. The molecule has 0 aliphatic rings. The predicted octanol–water partition coefficient (Wildman–Crippen LogP) is 3.58. The summed E-state index contributed by atoms with van der Waals surface area (Å²) in [5.41, 5.74) is 2.94. The number of nitriles is 1. The average Bonchev–Trinajstić information content (AvgIpc) is 2.63. The Morgan fingerprint density at radius 1 is 1.00 bits per heavy atom. The van der Waals surface area contributed by atoms with Crippen molar-refractivity contribution in [1.29, 1.82) is 5.26 Å². The zero-order chi connectivity index (χ0) is 16.9. The minimum absolute atomic E-state index is 0.0982. The number of carbonyl (C=O) groups is 1. The Morgan fingerprint density at radius 3 is 2.38 bits per heavy atom. The lowest BCUT2D eigenvalue weighted by Crippen LogP contribution is -2.12. The van der Waals surface area contributed by atoms with Crippen LogP contribution in [-0.2, 0) is 0 Å². The van der Waals surface area contributed by atoms with Gasteiger partial charge in [0, 0.05) is 18.1 Å². The summed E-state index contributed by atoms with van der Waals surface area (Å²) in [6, 6.07) is 17.0. The molecule has 0 aliphatic carbocycles. The van der Waals surface area contributed by atoms with E-state index < -0.39 is 5.91 Å². The molecule has 0 saturated heterocycles. The Morgan fingerprint density at radius 2 is 1.71 bits per heavy atom. The van der Waals surface area contributed by atoms with Gasteiger partial charge < -0.3 is 10.4 Å². The number of carbonyl (C=O) groups excluding carboxylic acids is 1. The molecule has 1 heterocycles. The Kier molecular flexibility index (Phi) is 4.21. The number of aromatic hydroxyl groups is 1. The fourth-order valence-corrected chi connectivity index (χ4v) is 2.27. The van der Waals surface area contributed by atoms with Crippen LogP contribution in [0.5, 0.6) is 5.75 Å². The van der Waals surface area contributed by atoms with E-state index in [-0.39, 0.29) is 11.3 Å². The predicted molar refractivity (Wildman–Crippen MR) is 90.4 cm³/mol. The van der Waals surface area contributed by atoms with E-state index in [0.29, 0.717) is 11.3 Å². The first-order valence-corrected chi connectivity index (χ1v) is 7.22. The molecule has 116 valence electrons. The Balaban J connectivity index is 1.87. The molecular weight excluding hydrogens is 302 g/mol. The number of anilines is 1. The Bertz CT molecular complexity index is 914. The number of benzene rings is 2. The van der Waals surface area contributed by atoms with Crippen LogP contribution in [0.25, 0.3) is 11.1 Å². The van der Waals surface area contributed by atoms with Gasteiger partial charge in [-0.1, -0.05) is 6.07 Å². The summed E-state index contributed by atoms with van der Waals surface area (Å²) in [5.74, 6) is -0.521. The third kappa shape index (κ3) is 3.23. The van der Waals surface area contributed by atoms with Gasteiger partial charge in [-0.15, -0.1) is 0 Å². The second kappa shape index (κ2) is 6.63. The van der Waals surface area contributed by atoms with Crippen molar-refractivity contribution in [3.05, 3.63) is 78.1 Å². The second-order valence-corrected chi connectivity index (χ2v) is 5.11. The lowest BCUT2D eigenvalue weighted by Gasteiger charge is -2.09. The first-order chi connectivity index (χ1) is 11.7. The normalized spacial score (nSPS) is 9.96. The fourth-order valence-electron chi connectivity index (χ4n) is 2.27. The number of nitrogens with one attached hydrogen (secondary N) is 1. The highest BCUT2D eigenvalue weighted by atomic mass is 16.3. The summed E-state index contributed by atoms with van der Waals surface area (Å²) >= 11 is 0. The summed E-state index contributed by atoms with van der Waals surface area (Å²) in [6.45, 7) is 0. The average molecular weight is 315 g/mol. The molecule has 5 nitrogen and oxygen atoms in total. The molecule has 0 atom stereocenters. The van der Waals surface area contributed by atoms with Gasteiger partial charge in [0.1, 0.15) is 5.75 Å². The van der Waals surface area contributed by atoms with Crippen LogP contribution in [0.1, 0.15) is 15.9 Å². The van der Waals surface area contributed by atoms with Crippen LogP contribution in [0, 0.1) is 11.3 Å². The molecule has 24 heavy (non-hydrogen) atoms. The lowest BCUT2D eigenvalue weighted by atomic mass is 10.0. The number of phenols is 1. The van der Waals surface area contributed by atoms with E-state index in [1.165, 1.54) is 6.07 Å². The molecule has 1 aromatic heterocycles. The minimum atomic E-state index is -0.423. The van der Waals surface area contributed by atoms with Crippen LogP contribution in [0.3, 0.4) is 0 Å². The molecule has 2 aromatic carbocycles. The number of pyridine rings is 1. The fraction of sp³-hybridized carbons (Fsp3) is 0. The molecule has 3 aromatic rings. The minimum Gasteiger partial charge on any atom is -0.507 e. The molecule has 0 fully saturated rings. The van der Waals surface area contributed by atoms with Gasteiger partial charge in [0.25, 0.3) is 5.91 Å². The van der Waals surface area contributed by atoms with Crippen molar-refractivity contribution < 1.29 is 9.90 Å². The molecule has 3 rings (SSSR count). The molecule has 0 spiro atoms. The number of aromatic nitrogens is 1. The number of nitrogens with zero attached hydrogens (tertiary/aromatic N) is 2. The van der Waals surface area contributed by atoms with Gasteiger partial charge in [-0.3, -0.25) is 9.78 Å². The first kappa shape index (κ1) is 15.3. The van der Waals surface area contributed by atoms with Crippen molar-refractivity contribution in [1.82, 2.24) is 4.98 Å². The summed E-state index contributed by atoms with van der Waals surface area (Å²) in [7, 11) is 0. The highest BCUT2D eigenvalue weighted by Gasteiger charge is 2.13. The Hall–Kier alpha value is -3.65. The maximum atomic E-state index is 12.4. The largest absolute Gasteiger partial charge is 0.507 e. The molecule has 2 N–H and O–H groups in total. The van der Waals surface area contributed by atoms with E-state index >= 15 is 0 Å². The second-order valence-electron chi connectivity index (χ2n) is 5.11. The third-order valence-electron chi connectivity index (χ3n) is 3.53. The zero-order valence-electron chi connectivity index (χ0n) is 12.6. The summed E-state index contributed by atoms with van der Waals surface area (Å²) in [5, 5.41) is 21.5. The molecule has 0 unspecified atom stereocenters. The van der Waals surface area contributed by atoms with Gasteiger partial charge in [-0.05, 0) is 59.7 Å². The van der Waals surface area contributed by atoms with E-state index in [1.54, 1.807) is 48.8 Å². The van der Waals surface area contributed by atoms with Crippen molar-refractivity contribution in [2.75, 3.05) is 5.32 Å². The van der Waals surface area contributed by atoms with Gasteiger partial charge in [0.2, 0.25) is 0 Å². The van der Waals surface area contributed by atoms with Crippen molar-refractivity contribution in [3.63, 3.8) is 0 Å². The number of hydrogen-bond donors (Lipinski definition) is 2. The maximum Gasteiger partial charge on any atom is 0.259 e. The summed E-state index contributed by atoms with van der Waals surface area (Å²) in [4.78, 5) is 16.4. The molecule has 1 amide bonds. The van der Waals surface area contributed by atoms with E-state index in [9.17, 15) is 9.90 Å². The van der Waals surface area contributed by atoms with Gasteiger partial charge in [-0.2, -0.15) is 5.26 Å². The molecule has 5 heteroatoms. The monoisotopic (exact) mass is 315 g/mol. The van der Waals surface area contributed by atoms with Crippen LogP contribution >= 0.6 is 0 Å². The van der Waals surface area contributed by atoms with Crippen LogP contribution < -0.4 is 5.32 Å². The van der Waals surface area contributed by atoms with E-state index in [4.69, 9.17) is 5.26 Å². The van der Waals surface area contributed by atoms with Crippen molar-refractivity contribution in [3.8, 4) is 22.9 Å². The lowest BCUT2D eigenvalue weighted by molar-refractivity contribution is 0.102. The van der Waals surface area contributed by atoms with E-state index in [1.807, 2.05) is 18.2 Å². The van der Waals surface area contributed by atoms with Crippen LogP contribution in [-0.4, -0.2) is 16.0 Å². The number of phenolic OH excluding ortho intramolecular Hbond substituents is 1. The smallest absolute Gasteiger partial charge is 0.259 e. The van der Waals surface area contributed by atoms with Gasteiger partial charge in [0.05, 0.1) is 17.2 Å². The van der Waals surface area contributed by atoms with Crippen LogP contribution in [0.15, 0.2) is 67.0 Å².